The van der Waals surface area contributed by atoms with E-state index >= 15 is 0 Å². The molecule has 0 spiro atoms. The minimum absolute atomic E-state index is 0.0166. The van der Waals surface area contributed by atoms with Crippen molar-refractivity contribution in [1.29, 1.82) is 0 Å². The summed E-state index contributed by atoms with van der Waals surface area (Å²) >= 11 is 0. The maximum Gasteiger partial charge on any atom is 0.237 e. The molecule has 2 rings (SSSR count). The maximum absolute atomic E-state index is 12.1. The number of benzene rings is 1. The van der Waals surface area contributed by atoms with E-state index < -0.39 is 0 Å². The Morgan fingerprint density at radius 1 is 1.25 bits per heavy atom. The van der Waals surface area contributed by atoms with Crippen molar-refractivity contribution in [2.24, 2.45) is 0 Å². The average molecular weight is 272 g/mol. The molecule has 1 aromatic carbocycles. The number of carbonyl (C=O) groups excluding carboxylic acids is 1. The summed E-state index contributed by atoms with van der Waals surface area (Å²) in [6.07, 6.45) is 1.64. The molecule has 1 heterocycles. The quantitative estimate of drug-likeness (QED) is 0.878. The Kier molecular flexibility index (Phi) is 4.96. The number of furan rings is 1. The second kappa shape index (κ2) is 6.91. The predicted molar refractivity (Wildman–Crippen MR) is 77.9 cm³/mol. The van der Waals surface area contributed by atoms with E-state index in [0.29, 0.717) is 13.1 Å². The normalized spacial score (nSPS) is 12.3. The minimum atomic E-state index is -0.205. The van der Waals surface area contributed by atoms with Crippen LogP contribution in [-0.4, -0.2) is 23.9 Å². The Morgan fingerprint density at radius 2 is 2.00 bits per heavy atom. The molecule has 1 amide bonds. The van der Waals surface area contributed by atoms with Crippen LogP contribution in [0.2, 0.25) is 0 Å². The topological polar surface area (TPSA) is 45.5 Å². The fourth-order valence-electron chi connectivity index (χ4n) is 1.92. The van der Waals surface area contributed by atoms with E-state index in [1.165, 1.54) is 0 Å². The van der Waals surface area contributed by atoms with Crippen LogP contribution in [0.5, 0.6) is 0 Å². The Morgan fingerprint density at radius 3 is 2.65 bits per heavy atom. The second-order valence-corrected chi connectivity index (χ2v) is 4.87. The van der Waals surface area contributed by atoms with Gasteiger partial charge in [-0.25, -0.2) is 0 Å². The average Bonchev–Trinajstić information content (AvgIpc) is 2.98. The number of nitrogens with zero attached hydrogens (tertiary/aromatic N) is 1. The maximum atomic E-state index is 12.1. The molecule has 0 radical (unpaired) electrons. The fourth-order valence-corrected chi connectivity index (χ4v) is 1.92. The van der Waals surface area contributed by atoms with Gasteiger partial charge in [0.15, 0.2) is 0 Å². The van der Waals surface area contributed by atoms with Crippen molar-refractivity contribution in [3.8, 4) is 0 Å². The van der Waals surface area contributed by atoms with E-state index in [-0.39, 0.29) is 11.9 Å². The van der Waals surface area contributed by atoms with Gasteiger partial charge < -0.3 is 9.73 Å². The second-order valence-electron chi connectivity index (χ2n) is 4.87. The van der Waals surface area contributed by atoms with Crippen molar-refractivity contribution >= 4 is 5.91 Å². The van der Waals surface area contributed by atoms with Crippen LogP contribution in [0.25, 0.3) is 0 Å². The molecular weight excluding hydrogens is 252 g/mol. The molecule has 4 heteroatoms. The number of likely N-dealkylation sites (N-methyl/N-ethyl adjacent to an activating group) is 1. The van der Waals surface area contributed by atoms with E-state index in [2.05, 4.69) is 5.32 Å². The first-order chi connectivity index (χ1) is 9.66. The van der Waals surface area contributed by atoms with Crippen molar-refractivity contribution in [1.82, 2.24) is 10.2 Å². The summed E-state index contributed by atoms with van der Waals surface area (Å²) in [6, 6.07) is 13.4. The summed E-state index contributed by atoms with van der Waals surface area (Å²) in [7, 11) is 1.91. The molecule has 0 saturated heterocycles. The summed E-state index contributed by atoms with van der Waals surface area (Å²) in [5, 5.41) is 2.95. The highest BCUT2D eigenvalue weighted by atomic mass is 16.3. The van der Waals surface area contributed by atoms with Crippen LogP contribution in [0.1, 0.15) is 18.2 Å². The number of rotatable bonds is 6. The van der Waals surface area contributed by atoms with Gasteiger partial charge in [-0.05, 0) is 31.7 Å². The highest BCUT2D eigenvalue weighted by Gasteiger charge is 2.18. The summed E-state index contributed by atoms with van der Waals surface area (Å²) in [5.74, 6) is 0.873. The van der Waals surface area contributed by atoms with E-state index in [1.54, 1.807) is 6.26 Å². The molecule has 0 fully saturated rings. The van der Waals surface area contributed by atoms with Crippen molar-refractivity contribution in [3.05, 3.63) is 60.1 Å². The molecule has 1 N–H and O–H groups in total. The first-order valence-corrected chi connectivity index (χ1v) is 6.71. The molecule has 0 aliphatic carbocycles. The monoisotopic (exact) mass is 272 g/mol. The summed E-state index contributed by atoms with van der Waals surface area (Å²) in [6.45, 7) is 3.06. The van der Waals surface area contributed by atoms with Crippen LogP contribution in [-0.2, 0) is 17.9 Å². The molecule has 20 heavy (non-hydrogen) atoms. The van der Waals surface area contributed by atoms with Crippen LogP contribution in [0.3, 0.4) is 0 Å². The van der Waals surface area contributed by atoms with Crippen molar-refractivity contribution < 1.29 is 9.21 Å². The fraction of sp³-hybridized carbons (Fsp3) is 0.312. The Bertz CT molecular complexity index is 523. The van der Waals surface area contributed by atoms with Gasteiger partial charge >= 0.3 is 0 Å². The third-order valence-electron chi connectivity index (χ3n) is 3.34. The van der Waals surface area contributed by atoms with E-state index in [1.807, 2.05) is 61.3 Å². The van der Waals surface area contributed by atoms with Gasteiger partial charge in [-0.1, -0.05) is 30.3 Å². The van der Waals surface area contributed by atoms with Gasteiger partial charge in [0.25, 0.3) is 0 Å². The van der Waals surface area contributed by atoms with E-state index in [0.717, 1.165) is 11.3 Å². The van der Waals surface area contributed by atoms with Crippen LogP contribution >= 0.6 is 0 Å². The Hall–Kier alpha value is -2.07. The number of amides is 1. The molecule has 0 saturated carbocycles. The van der Waals surface area contributed by atoms with Crippen molar-refractivity contribution in [3.63, 3.8) is 0 Å². The van der Waals surface area contributed by atoms with Crippen LogP contribution in [0.15, 0.2) is 53.1 Å². The lowest BCUT2D eigenvalue weighted by Crippen LogP contribution is -2.42. The predicted octanol–water partition coefficient (Wildman–Crippen LogP) is 2.42. The Balaban J connectivity index is 1.82. The van der Waals surface area contributed by atoms with Gasteiger partial charge in [0, 0.05) is 6.54 Å². The molecule has 0 aliphatic rings. The number of hydrogen-bond donors (Lipinski definition) is 1. The van der Waals surface area contributed by atoms with Crippen LogP contribution in [0, 0.1) is 0 Å². The molecule has 1 atom stereocenters. The number of carbonyl (C=O) groups is 1. The molecule has 1 aromatic heterocycles. The minimum Gasteiger partial charge on any atom is -0.468 e. The summed E-state index contributed by atoms with van der Waals surface area (Å²) in [4.78, 5) is 14.1. The van der Waals surface area contributed by atoms with E-state index in [9.17, 15) is 4.79 Å². The zero-order valence-corrected chi connectivity index (χ0v) is 11.9. The summed E-state index contributed by atoms with van der Waals surface area (Å²) < 4.78 is 5.29. The van der Waals surface area contributed by atoms with Gasteiger partial charge in [-0.15, -0.1) is 0 Å². The summed E-state index contributed by atoms with van der Waals surface area (Å²) in [5.41, 5.74) is 1.10. The lowest BCUT2D eigenvalue weighted by molar-refractivity contribution is -0.125. The number of hydrogen-bond acceptors (Lipinski definition) is 3. The van der Waals surface area contributed by atoms with Crippen molar-refractivity contribution in [2.75, 3.05) is 7.05 Å². The molecule has 1 unspecified atom stereocenters. The molecular formula is C16H20N2O2. The highest BCUT2D eigenvalue weighted by Crippen LogP contribution is 2.07. The smallest absolute Gasteiger partial charge is 0.237 e. The first-order valence-electron chi connectivity index (χ1n) is 6.71. The van der Waals surface area contributed by atoms with Gasteiger partial charge in [0.05, 0.1) is 18.8 Å². The largest absolute Gasteiger partial charge is 0.468 e. The molecule has 4 nitrogen and oxygen atoms in total. The van der Waals surface area contributed by atoms with E-state index in [4.69, 9.17) is 4.42 Å². The zero-order valence-electron chi connectivity index (χ0n) is 11.9. The molecule has 0 aliphatic heterocycles. The molecule has 2 aromatic rings. The molecule has 0 bridgehead atoms. The molecule has 106 valence electrons. The van der Waals surface area contributed by atoms with Gasteiger partial charge in [-0.2, -0.15) is 0 Å². The zero-order chi connectivity index (χ0) is 14.4. The first kappa shape index (κ1) is 14.3. The van der Waals surface area contributed by atoms with Gasteiger partial charge in [0.2, 0.25) is 5.91 Å². The SMILES string of the molecule is CC(C(=O)NCc1ccccc1)N(C)Cc1ccco1. The third kappa shape index (κ3) is 3.96. The Labute approximate surface area is 119 Å². The third-order valence-corrected chi connectivity index (χ3v) is 3.34. The number of nitrogens with one attached hydrogen (secondary N) is 1. The van der Waals surface area contributed by atoms with Gasteiger partial charge in [0.1, 0.15) is 5.76 Å². The van der Waals surface area contributed by atoms with Gasteiger partial charge in [-0.3, -0.25) is 9.69 Å². The highest BCUT2D eigenvalue weighted by molar-refractivity contribution is 5.81. The van der Waals surface area contributed by atoms with Crippen LogP contribution < -0.4 is 5.32 Å². The standard InChI is InChI=1S/C16H20N2O2/c1-13(18(2)12-15-9-6-10-20-15)16(19)17-11-14-7-4-3-5-8-14/h3-10,13H,11-12H2,1-2H3,(H,17,19). The lowest BCUT2D eigenvalue weighted by atomic mass is 10.2. The van der Waals surface area contributed by atoms with Crippen LogP contribution in [0.4, 0.5) is 0 Å². The lowest BCUT2D eigenvalue weighted by Gasteiger charge is -2.22. The van der Waals surface area contributed by atoms with Crippen molar-refractivity contribution in [2.45, 2.75) is 26.1 Å².